The zero-order valence-corrected chi connectivity index (χ0v) is 15.3. The van der Waals surface area contributed by atoms with Crippen LogP contribution >= 0.6 is 0 Å². The first-order valence-electron chi connectivity index (χ1n) is 8.98. The third-order valence-electron chi connectivity index (χ3n) is 4.85. The van der Waals surface area contributed by atoms with Crippen molar-refractivity contribution in [3.05, 3.63) is 35.4 Å². The van der Waals surface area contributed by atoms with Gasteiger partial charge < -0.3 is 15.7 Å². The van der Waals surface area contributed by atoms with Crippen LogP contribution in [0.1, 0.15) is 49.9 Å². The van der Waals surface area contributed by atoms with Crippen LogP contribution in [0.4, 0.5) is 8.78 Å². The maximum Gasteiger partial charge on any atom is 0.306 e. The topological polar surface area (TPSA) is 95.5 Å². The van der Waals surface area contributed by atoms with Gasteiger partial charge in [-0.05, 0) is 43.7 Å². The Labute approximate surface area is 156 Å². The average Bonchev–Trinajstić information content (AvgIpc) is 2.59. The number of amides is 2. The number of carboxylic acids is 1. The van der Waals surface area contributed by atoms with Crippen LogP contribution < -0.4 is 10.6 Å². The Hall–Kier alpha value is -2.51. The van der Waals surface area contributed by atoms with Crippen LogP contribution in [0.3, 0.4) is 0 Å². The Morgan fingerprint density at radius 3 is 2.11 bits per heavy atom. The highest BCUT2D eigenvalue weighted by Gasteiger charge is 2.31. The molecule has 6 nitrogen and oxygen atoms in total. The molecule has 0 spiro atoms. The Morgan fingerprint density at radius 2 is 1.63 bits per heavy atom. The number of carbonyl (C=O) groups is 3. The van der Waals surface area contributed by atoms with Gasteiger partial charge in [-0.15, -0.1) is 0 Å². The minimum absolute atomic E-state index is 0.184. The van der Waals surface area contributed by atoms with Gasteiger partial charge in [-0.2, -0.15) is 0 Å². The molecule has 1 atom stereocenters. The Kier molecular flexibility index (Phi) is 6.87. The Balaban J connectivity index is 2.01. The Bertz CT molecular complexity index is 695. The molecule has 0 radical (unpaired) electrons. The lowest BCUT2D eigenvalue weighted by Crippen LogP contribution is -2.53. The third kappa shape index (κ3) is 5.24. The molecule has 1 aromatic rings. The first-order valence-corrected chi connectivity index (χ1v) is 8.98. The lowest BCUT2D eigenvalue weighted by atomic mass is 9.86. The van der Waals surface area contributed by atoms with Gasteiger partial charge in [0, 0.05) is 6.04 Å². The predicted octanol–water partition coefficient (Wildman–Crippen LogP) is 2.48. The van der Waals surface area contributed by atoms with Crippen molar-refractivity contribution in [2.45, 2.75) is 51.6 Å². The molecule has 1 fully saturated rings. The quantitative estimate of drug-likeness (QED) is 0.704. The second-order valence-electron chi connectivity index (χ2n) is 7.19. The van der Waals surface area contributed by atoms with E-state index in [1.165, 1.54) is 0 Å². The molecule has 1 aliphatic rings. The van der Waals surface area contributed by atoms with Gasteiger partial charge >= 0.3 is 5.97 Å². The molecule has 2 rings (SSSR count). The van der Waals surface area contributed by atoms with E-state index in [0.717, 1.165) is 18.2 Å². The van der Waals surface area contributed by atoms with E-state index in [1.807, 2.05) is 0 Å². The lowest BCUT2D eigenvalue weighted by Gasteiger charge is -2.29. The molecule has 0 saturated heterocycles. The molecule has 1 unspecified atom stereocenters. The summed E-state index contributed by atoms with van der Waals surface area (Å²) in [6.45, 7) is 3.42. The van der Waals surface area contributed by atoms with E-state index >= 15 is 0 Å². The number of benzene rings is 1. The first kappa shape index (κ1) is 20.8. The van der Waals surface area contributed by atoms with Crippen molar-refractivity contribution in [1.29, 1.82) is 0 Å². The minimum Gasteiger partial charge on any atom is -0.481 e. The fourth-order valence-electron chi connectivity index (χ4n) is 3.24. The van der Waals surface area contributed by atoms with Crippen molar-refractivity contribution in [1.82, 2.24) is 10.6 Å². The summed E-state index contributed by atoms with van der Waals surface area (Å²) in [5, 5.41) is 14.2. The number of nitrogens with one attached hydrogen (secondary N) is 2. The summed E-state index contributed by atoms with van der Waals surface area (Å²) in [4.78, 5) is 35.9. The third-order valence-corrected chi connectivity index (χ3v) is 4.85. The van der Waals surface area contributed by atoms with Gasteiger partial charge in [0.15, 0.2) is 0 Å². The van der Waals surface area contributed by atoms with Crippen molar-refractivity contribution in [2.24, 2.45) is 11.8 Å². The number of hydrogen-bond donors (Lipinski definition) is 3. The van der Waals surface area contributed by atoms with Gasteiger partial charge in [-0.25, -0.2) is 8.78 Å². The predicted molar refractivity (Wildman–Crippen MR) is 94.0 cm³/mol. The van der Waals surface area contributed by atoms with Gasteiger partial charge in [0.25, 0.3) is 5.91 Å². The molecule has 1 aliphatic carbocycles. The summed E-state index contributed by atoms with van der Waals surface area (Å²) in [6.07, 6.45) is 2.01. The molecule has 27 heavy (non-hydrogen) atoms. The van der Waals surface area contributed by atoms with Crippen molar-refractivity contribution in [3.8, 4) is 0 Å². The van der Waals surface area contributed by atoms with Crippen molar-refractivity contribution in [2.75, 3.05) is 0 Å². The SMILES string of the molecule is CC(C)C(NC(=O)c1c(F)cccc1F)C(=O)NC1CCC(C(=O)O)CC1. The van der Waals surface area contributed by atoms with Crippen molar-refractivity contribution in [3.63, 3.8) is 0 Å². The molecule has 148 valence electrons. The van der Waals surface area contributed by atoms with Crippen molar-refractivity contribution < 1.29 is 28.3 Å². The normalized spacial score (nSPS) is 20.8. The second kappa shape index (κ2) is 8.92. The van der Waals surface area contributed by atoms with E-state index in [1.54, 1.807) is 13.8 Å². The highest BCUT2D eigenvalue weighted by molar-refractivity contribution is 5.98. The number of aliphatic carboxylic acids is 1. The monoisotopic (exact) mass is 382 g/mol. The van der Waals surface area contributed by atoms with Gasteiger partial charge in [0.1, 0.15) is 23.2 Å². The molecule has 0 aromatic heterocycles. The molecular formula is C19H24F2N2O4. The van der Waals surface area contributed by atoms with Crippen LogP contribution in [0.2, 0.25) is 0 Å². The number of carboxylic acid groups (broad SMARTS) is 1. The average molecular weight is 382 g/mol. The van der Waals surface area contributed by atoms with Gasteiger partial charge in [-0.3, -0.25) is 14.4 Å². The van der Waals surface area contributed by atoms with Crippen LogP contribution in [0.15, 0.2) is 18.2 Å². The smallest absolute Gasteiger partial charge is 0.306 e. The zero-order valence-electron chi connectivity index (χ0n) is 15.3. The van der Waals surface area contributed by atoms with Crippen LogP contribution in [0.5, 0.6) is 0 Å². The van der Waals surface area contributed by atoms with E-state index in [-0.39, 0.29) is 12.0 Å². The van der Waals surface area contributed by atoms with Crippen LogP contribution in [-0.2, 0) is 9.59 Å². The van der Waals surface area contributed by atoms with Crippen LogP contribution in [-0.4, -0.2) is 35.0 Å². The summed E-state index contributed by atoms with van der Waals surface area (Å²) in [5.74, 6) is -4.98. The second-order valence-corrected chi connectivity index (χ2v) is 7.19. The fraction of sp³-hybridized carbons (Fsp3) is 0.526. The number of rotatable bonds is 6. The van der Waals surface area contributed by atoms with Gasteiger partial charge in [-0.1, -0.05) is 19.9 Å². The van der Waals surface area contributed by atoms with Crippen molar-refractivity contribution >= 4 is 17.8 Å². The van der Waals surface area contributed by atoms with E-state index in [0.29, 0.717) is 25.7 Å². The molecule has 3 N–H and O–H groups in total. The van der Waals surface area contributed by atoms with Gasteiger partial charge in [0.2, 0.25) is 5.91 Å². The van der Waals surface area contributed by atoms with Gasteiger partial charge in [0.05, 0.1) is 5.92 Å². The van der Waals surface area contributed by atoms with Crippen LogP contribution in [0, 0.1) is 23.5 Å². The van der Waals surface area contributed by atoms with E-state index in [2.05, 4.69) is 10.6 Å². The Morgan fingerprint density at radius 1 is 1.07 bits per heavy atom. The maximum absolute atomic E-state index is 13.8. The minimum atomic E-state index is -0.998. The number of halogens is 2. The molecule has 2 amide bonds. The first-order chi connectivity index (χ1) is 12.7. The van der Waals surface area contributed by atoms with E-state index in [9.17, 15) is 23.2 Å². The lowest BCUT2D eigenvalue weighted by molar-refractivity contribution is -0.142. The zero-order chi connectivity index (χ0) is 20.1. The van der Waals surface area contributed by atoms with E-state index in [4.69, 9.17) is 5.11 Å². The number of hydrogen-bond acceptors (Lipinski definition) is 3. The summed E-state index contributed by atoms with van der Waals surface area (Å²) in [6, 6.07) is 1.96. The maximum atomic E-state index is 13.8. The largest absolute Gasteiger partial charge is 0.481 e. The molecule has 0 bridgehead atoms. The van der Waals surface area contributed by atoms with E-state index < -0.39 is 46.9 Å². The summed E-state index contributed by atoms with van der Waals surface area (Å²) >= 11 is 0. The molecular weight excluding hydrogens is 358 g/mol. The highest BCUT2D eigenvalue weighted by Crippen LogP contribution is 2.24. The van der Waals surface area contributed by atoms with Crippen LogP contribution in [0.25, 0.3) is 0 Å². The molecule has 1 aromatic carbocycles. The highest BCUT2D eigenvalue weighted by atomic mass is 19.1. The fourth-order valence-corrected chi connectivity index (χ4v) is 3.24. The number of carbonyl (C=O) groups excluding carboxylic acids is 2. The molecule has 0 aliphatic heterocycles. The standard InChI is InChI=1S/C19H24F2N2O4/c1-10(2)16(23-17(24)15-13(20)4-3-5-14(15)21)18(25)22-12-8-6-11(7-9-12)19(26)27/h3-5,10-12,16H,6-9H2,1-2H3,(H,22,25)(H,23,24)(H,26,27). The molecule has 8 heteroatoms. The summed E-state index contributed by atoms with van der Waals surface area (Å²) < 4.78 is 27.6. The molecule has 1 saturated carbocycles. The summed E-state index contributed by atoms with van der Waals surface area (Å²) in [5.41, 5.74) is -0.724. The molecule has 0 heterocycles. The summed E-state index contributed by atoms with van der Waals surface area (Å²) in [7, 11) is 0.